The molecule has 0 radical (unpaired) electrons. The van der Waals surface area contributed by atoms with E-state index in [9.17, 15) is 5.26 Å². The Kier molecular flexibility index (Phi) is 5.89. The van der Waals surface area contributed by atoms with Crippen molar-refractivity contribution in [2.45, 2.75) is 32.1 Å². The summed E-state index contributed by atoms with van der Waals surface area (Å²) in [6, 6.07) is 12.1. The highest BCUT2D eigenvalue weighted by Gasteiger charge is 2.23. The lowest BCUT2D eigenvalue weighted by molar-refractivity contribution is 0.354. The van der Waals surface area contributed by atoms with Gasteiger partial charge in [0.25, 0.3) is 0 Å². The lowest BCUT2D eigenvalue weighted by Gasteiger charge is -2.22. The molecule has 6 heteroatoms. The van der Waals surface area contributed by atoms with Crippen LogP contribution >= 0.6 is 0 Å². The summed E-state index contributed by atoms with van der Waals surface area (Å²) in [5, 5.41) is 13.2. The van der Waals surface area contributed by atoms with Crippen molar-refractivity contribution in [3.63, 3.8) is 0 Å². The molecular weight excluding hydrogens is 378 g/mol. The summed E-state index contributed by atoms with van der Waals surface area (Å²) in [5.74, 6) is 2.80. The van der Waals surface area contributed by atoms with Gasteiger partial charge in [0.1, 0.15) is 17.6 Å². The summed E-state index contributed by atoms with van der Waals surface area (Å²) >= 11 is 0. The Bertz CT molecular complexity index is 1070. The van der Waals surface area contributed by atoms with E-state index in [2.05, 4.69) is 11.4 Å². The lowest BCUT2D eigenvalue weighted by Crippen LogP contribution is -2.14. The number of rotatable bonds is 7. The normalized spacial score (nSPS) is 12.7. The molecule has 1 N–H and O–H groups in total. The minimum Gasteiger partial charge on any atom is -0.493 e. The molecule has 0 bridgehead atoms. The van der Waals surface area contributed by atoms with E-state index in [1.54, 1.807) is 20.5 Å². The molecule has 1 aromatic carbocycles. The van der Waals surface area contributed by atoms with Gasteiger partial charge in [-0.1, -0.05) is 6.07 Å². The second-order valence-corrected chi connectivity index (χ2v) is 7.30. The van der Waals surface area contributed by atoms with Crippen LogP contribution in [-0.4, -0.2) is 25.7 Å². The van der Waals surface area contributed by atoms with Gasteiger partial charge in [-0.25, -0.2) is 4.98 Å². The van der Waals surface area contributed by atoms with Crippen LogP contribution < -0.4 is 14.8 Å². The third kappa shape index (κ3) is 3.84. The molecule has 4 rings (SSSR count). The zero-order chi connectivity index (χ0) is 20.9. The minimum absolute atomic E-state index is 0.630. The molecule has 0 saturated heterocycles. The van der Waals surface area contributed by atoms with E-state index in [1.807, 2.05) is 30.3 Å². The average Bonchev–Trinajstić information content (AvgIpc) is 3.33. The van der Waals surface area contributed by atoms with Crippen molar-refractivity contribution < 1.29 is 13.9 Å². The minimum atomic E-state index is 0.630. The van der Waals surface area contributed by atoms with Crippen LogP contribution in [0.5, 0.6) is 11.5 Å². The predicted octanol–water partition coefficient (Wildman–Crippen LogP) is 4.76. The van der Waals surface area contributed by atoms with Gasteiger partial charge in [-0.15, -0.1) is 0 Å². The Balaban J connectivity index is 1.60. The van der Waals surface area contributed by atoms with Crippen LogP contribution in [-0.2, 0) is 19.3 Å². The maximum atomic E-state index is 9.85. The largest absolute Gasteiger partial charge is 0.493 e. The van der Waals surface area contributed by atoms with E-state index in [0.29, 0.717) is 29.4 Å². The first-order valence-electron chi connectivity index (χ1n) is 10.2. The van der Waals surface area contributed by atoms with Gasteiger partial charge in [-0.3, -0.25) is 0 Å². The van der Waals surface area contributed by atoms with Gasteiger partial charge in [0.2, 0.25) is 0 Å². The molecule has 0 atom stereocenters. The molecule has 2 aromatic heterocycles. The van der Waals surface area contributed by atoms with Crippen molar-refractivity contribution in [3.8, 4) is 29.0 Å². The highest BCUT2D eigenvalue weighted by molar-refractivity contribution is 5.69. The monoisotopic (exact) mass is 403 g/mol. The number of nitriles is 1. The van der Waals surface area contributed by atoms with E-state index in [1.165, 1.54) is 0 Å². The Morgan fingerprint density at radius 3 is 2.60 bits per heavy atom. The summed E-state index contributed by atoms with van der Waals surface area (Å²) in [4.78, 5) is 4.82. The summed E-state index contributed by atoms with van der Waals surface area (Å²) in [6.07, 6.45) is 6.46. The van der Waals surface area contributed by atoms with Crippen molar-refractivity contribution in [1.82, 2.24) is 4.98 Å². The van der Waals surface area contributed by atoms with E-state index in [0.717, 1.165) is 60.2 Å². The van der Waals surface area contributed by atoms with Gasteiger partial charge in [0, 0.05) is 6.54 Å². The molecule has 3 aromatic rings. The molecule has 2 heterocycles. The number of fused-ring (bicyclic) bond motifs is 1. The van der Waals surface area contributed by atoms with E-state index in [-0.39, 0.29) is 0 Å². The molecular formula is C24H25N3O3. The van der Waals surface area contributed by atoms with Crippen molar-refractivity contribution >= 4 is 5.82 Å². The smallest absolute Gasteiger partial charge is 0.160 e. The Morgan fingerprint density at radius 2 is 1.90 bits per heavy atom. The highest BCUT2D eigenvalue weighted by Crippen LogP contribution is 2.35. The third-order valence-electron chi connectivity index (χ3n) is 5.54. The number of hydrogen-bond donors (Lipinski definition) is 1. The number of ether oxygens (including phenoxy) is 2. The van der Waals surface area contributed by atoms with Crippen LogP contribution in [0.15, 0.2) is 41.0 Å². The van der Waals surface area contributed by atoms with E-state index in [4.69, 9.17) is 18.9 Å². The van der Waals surface area contributed by atoms with Gasteiger partial charge in [0.05, 0.1) is 26.0 Å². The quantitative estimate of drug-likeness (QED) is 0.612. The number of anilines is 1. The van der Waals surface area contributed by atoms with Crippen molar-refractivity contribution in [3.05, 3.63) is 58.8 Å². The standard InChI is InChI=1S/C24H25N3O3/c1-28-20-10-9-16(14-22(20)29-2)11-12-26-24-19(15-25)17-6-3-4-7-18(17)23(27-24)21-8-5-13-30-21/h5,8-10,13-14H,3-4,6-7,11-12H2,1-2H3,(H,26,27). The SMILES string of the molecule is COc1ccc(CCNc2nc(-c3ccco3)c3c(c2C#N)CCCC3)cc1OC. The molecule has 0 unspecified atom stereocenters. The molecule has 0 saturated carbocycles. The topological polar surface area (TPSA) is 80.3 Å². The average molecular weight is 403 g/mol. The molecule has 1 aliphatic carbocycles. The van der Waals surface area contributed by atoms with Gasteiger partial charge in [-0.05, 0) is 73.1 Å². The van der Waals surface area contributed by atoms with Gasteiger partial charge >= 0.3 is 0 Å². The third-order valence-corrected chi connectivity index (χ3v) is 5.54. The van der Waals surface area contributed by atoms with Crippen molar-refractivity contribution in [2.75, 3.05) is 26.1 Å². The molecule has 0 aliphatic heterocycles. The van der Waals surface area contributed by atoms with Crippen LogP contribution in [0.25, 0.3) is 11.5 Å². The second kappa shape index (κ2) is 8.91. The van der Waals surface area contributed by atoms with Crippen LogP contribution in [0, 0.1) is 11.3 Å². The Labute approximate surface area is 176 Å². The maximum absolute atomic E-state index is 9.85. The van der Waals surface area contributed by atoms with Gasteiger partial charge in [-0.2, -0.15) is 5.26 Å². The highest BCUT2D eigenvalue weighted by atomic mass is 16.5. The number of aromatic nitrogens is 1. The number of furan rings is 1. The van der Waals surface area contributed by atoms with Crippen LogP contribution in [0.2, 0.25) is 0 Å². The fourth-order valence-electron chi connectivity index (χ4n) is 4.05. The summed E-state index contributed by atoms with van der Waals surface area (Å²) in [7, 11) is 3.26. The fraction of sp³-hybridized carbons (Fsp3) is 0.333. The number of pyridine rings is 1. The lowest BCUT2D eigenvalue weighted by atomic mass is 9.87. The number of hydrogen-bond acceptors (Lipinski definition) is 6. The molecule has 0 fully saturated rings. The van der Waals surface area contributed by atoms with Crippen LogP contribution in [0.4, 0.5) is 5.82 Å². The van der Waals surface area contributed by atoms with Gasteiger partial charge in [0.15, 0.2) is 17.3 Å². The number of nitrogens with one attached hydrogen (secondary N) is 1. The summed E-state index contributed by atoms with van der Waals surface area (Å²) in [5.41, 5.74) is 4.88. The molecule has 0 spiro atoms. The first kappa shape index (κ1) is 19.8. The van der Waals surface area contributed by atoms with Crippen LogP contribution in [0.3, 0.4) is 0 Å². The number of benzene rings is 1. The first-order chi connectivity index (χ1) is 14.7. The van der Waals surface area contributed by atoms with E-state index >= 15 is 0 Å². The summed E-state index contributed by atoms with van der Waals surface area (Å²) < 4.78 is 16.3. The molecule has 30 heavy (non-hydrogen) atoms. The summed E-state index contributed by atoms with van der Waals surface area (Å²) in [6.45, 7) is 0.646. The molecule has 154 valence electrons. The molecule has 6 nitrogen and oxygen atoms in total. The van der Waals surface area contributed by atoms with Crippen molar-refractivity contribution in [1.29, 1.82) is 5.26 Å². The Morgan fingerprint density at radius 1 is 1.10 bits per heavy atom. The number of nitrogens with zero attached hydrogens (tertiary/aromatic N) is 2. The van der Waals surface area contributed by atoms with Gasteiger partial charge < -0.3 is 19.2 Å². The fourth-order valence-corrected chi connectivity index (χ4v) is 4.05. The van der Waals surface area contributed by atoms with E-state index < -0.39 is 0 Å². The second-order valence-electron chi connectivity index (χ2n) is 7.30. The molecule has 0 amide bonds. The molecule has 1 aliphatic rings. The predicted molar refractivity (Wildman–Crippen MR) is 115 cm³/mol. The Hall–Kier alpha value is -3.46. The first-order valence-corrected chi connectivity index (χ1v) is 10.2. The zero-order valence-electron chi connectivity index (χ0n) is 17.3. The maximum Gasteiger partial charge on any atom is 0.160 e. The number of methoxy groups -OCH3 is 2. The van der Waals surface area contributed by atoms with Crippen molar-refractivity contribution in [2.24, 2.45) is 0 Å². The zero-order valence-corrected chi connectivity index (χ0v) is 17.3. The van der Waals surface area contributed by atoms with Crippen LogP contribution in [0.1, 0.15) is 35.1 Å².